The molecule has 0 radical (unpaired) electrons. The van der Waals surface area contributed by atoms with Gasteiger partial charge in [-0.25, -0.2) is 8.42 Å². The zero-order valence-electron chi connectivity index (χ0n) is 15.3. The fourth-order valence-electron chi connectivity index (χ4n) is 3.41. The van der Waals surface area contributed by atoms with Crippen molar-refractivity contribution in [2.75, 3.05) is 26.4 Å². The van der Waals surface area contributed by atoms with Crippen molar-refractivity contribution in [3.63, 3.8) is 0 Å². The highest BCUT2D eigenvalue weighted by Gasteiger charge is 2.30. The van der Waals surface area contributed by atoms with Crippen LogP contribution in [0.2, 0.25) is 0 Å². The van der Waals surface area contributed by atoms with Gasteiger partial charge in [0.2, 0.25) is 16.8 Å². The van der Waals surface area contributed by atoms with E-state index >= 15 is 0 Å². The van der Waals surface area contributed by atoms with Crippen LogP contribution in [0.25, 0.3) is 0 Å². The van der Waals surface area contributed by atoms with E-state index < -0.39 is 10.0 Å². The molecule has 3 heterocycles. The van der Waals surface area contributed by atoms with Gasteiger partial charge in [0, 0.05) is 19.6 Å². The zero-order valence-corrected chi connectivity index (χ0v) is 17.0. The van der Waals surface area contributed by atoms with Crippen molar-refractivity contribution >= 4 is 27.3 Å². The van der Waals surface area contributed by atoms with Crippen molar-refractivity contribution < 1.29 is 22.7 Å². The maximum absolute atomic E-state index is 12.9. The van der Waals surface area contributed by atoms with E-state index in [4.69, 9.17) is 9.47 Å². The van der Waals surface area contributed by atoms with Crippen LogP contribution in [0.4, 0.5) is 0 Å². The Hall–Kier alpha value is -2.10. The number of benzene rings is 1. The van der Waals surface area contributed by atoms with Gasteiger partial charge < -0.3 is 14.8 Å². The molecule has 9 heteroatoms. The minimum absolute atomic E-state index is 0.111. The van der Waals surface area contributed by atoms with Gasteiger partial charge in [-0.2, -0.15) is 4.31 Å². The average molecular weight is 423 g/mol. The second-order valence-corrected chi connectivity index (χ2v) is 9.59. The van der Waals surface area contributed by atoms with E-state index in [0.29, 0.717) is 31.8 Å². The van der Waals surface area contributed by atoms with Crippen LogP contribution in [-0.2, 0) is 16.4 Å². The van der Waals surface area contributed by atoms with Gasteiger partial charge in [-0.3, -0.25) is 4.79 Å². The molecule has 7 nitrogen and oxygen atoms in total. The summed E-state index contributed by atoms with van der Waals surface area (Å²) in [5.41, 5.74) is 1.01. The summed E-state index contributed by atoms with van der Waals surface area (Å²) in [6, 6.07) is 7.20. The summed E-state index contributed by atoms with van der Waals surface area (Å²) in [6.45, 7) is 1.66. The normalized spacial score (nSPS) is 16.9. The molecule has 0 unspecified atom stereocenters. The Morgan fingerprint density at radius 1 is 1.11 bits per heavy atom. The van der Waals surface area contributed by atoms with Gasteiger partial charge in [0.25, 0.3) is 5.91 Å². The number of piperidine rings is 1. The summed E-state index contributed by atoms with van der Waals surface area (Å²) < 4.78 is 37.9. The molecule has 2 aromatic rings. The minimum atomic E-state index is -3.63. The van der Waals surface area contributed by atoms with Crippen molar-refractivity contribution in [2.24, 2.45) is 0 Å². The van der Waals surface area contributed by atoms with Crippen molar-refractivity contribution in [1.82, 2.24) is 9.62 Å². The van der Waals surface area contributed by atoms with Crippen LogP contribution in [0.3, 0.4) is 0 Å². The summed E-state index contributed by atoms with van der Waals surface area (Å²) in [7, 11) is -3.63. The molecular weight excluding hydrogens is 400 g/mol. The van der Waals surface area contributed by atoms with Gasteiger partial charge in [0.15, 0.2) is 11.5 Å². The molecule has 1 aromatic carbocycles. The predicted molar refractivity (Wildman–Crippen MR) is 106 cm³/mol. The van der Waals surface area contributed by atoms with E-state index in [1.807, 2.05) is 18.2 Å². The molecule has 28 heavy (non-hydrogen) atoms. The Morgan fingerprint density at radius 2 is 1.89 bits per heavy atom. The number of sulfonamides is 1. The lowest BCUT2D eigenvalue weighted by molar-refractivity contribution is 0.0955. The summed E-state index contributed by atoms with van der Waals surface area (Å²) in [6.07, 6.45) is 3.38. The predicted octanol–water partition coefficient (Wildman–Crippen LogP) is 2.62. The fraction of sp³-hybridized carbons (Fsp3) is 0.421. The monoisotopic (exact) mass is 422 g/mol. The number of fused-ring (bicyclic) bond motifs is 1. The Balaban J connectivity index is 1.40. The van der Waals surface area contributed by atoms with E-state index in [1.165, 1.54) is 10.4 Å². The molecule has 1 amide bonds. The first-order chi connectivity index (χ1) is 13.6. The number of hydrogen-bond acceptors (Lipinski definition) is 6. The van der Waals surface area contributed by atoms with Crippen LogP contribution in [0.5, 0.6) is 11.5 Å². The van der Waals surface area contributed by atoms with Gasteiger partial charge >= 0.3 is 0 Å². The average Bonchev–Trinajstić information content (AvgIpc) is 3.38. The van der Waals surface area contributed by atoms with E-state index in [1.54, 1.807) is 5.38 Å². The van der Waals surface area contributed by atoms with Crippen LogP contribution < -0.4 is 14.8 Å². The number of hydrogen-bond donors (Lipinski definition) is 1. The molecule has 1 fully saturated rings. The summed E-state index contributed by atoms with van der Waals surface area (Å²) in [4.78, 5) is 13.0. The number of amides is 1. The Bertz CT molecular complexity index is 964. The van der Waals surface area contributed by atoms with Gasteiger partial charge in [0.05, 0.1) is 0 Å². The summed E-state index contributed by atoms with van der Waals surface area (Å²) in [5.74, 6) is 1.07. The van der Waals surface area contributed by atoms with Crippen molar-refractivity contribution in [2.45, 2.75) is 30.6 Å². The van der Waals surface area contributed by atoms with Crippen molar-refractivity contribution in [3.05, 3.63) is 40.1 Å². The number of nitrogens with zero attached hydrogens (tertiary/aromatic N) is 1. The molecule has 2 aliphatic rings. The lowest BCUT2D eigenvalue weighted by atomic mass is 10.1. The largest absolute Gasteiger partial charge is 0.454 e. The number of carbonyl (C=O) groups excluding carboxylic acids is 1. The molecule has 150 valence electrons. The molecular formula is C19H22N2O5S2. The number of ether oxygens (including phenoxy) is 2. The third-order valence-electron chi connectivity index (χ3n) is 4.90. The lowest BCUT2D eigenvalue weighted by Crippen LogP contribution is -2.36. The third kappa shape index (κ3) is 3.87. The van der Waals surface area contributed by atoms with Crippen LogP contribution in [0.1, 0.15) is 34.5 Å². The summed E-state index contributed by atoms with van der Waals surface area (Å²) in [5, 5.41) is 4.49. The number of nitrogens with one attached hydrogen (secondary N) is 1. The highest BCUT2D eigenvalue weighted by Crippen LogP contribution is 2.32. The maximum atomic E-state index is 12.9. The Morgan fingerprint density at radius 3 is 2.71 bits per heavy atom. The van der Waals surface area contributed by atoms with Gasteiger partial charge in [-0.05, 0) is 48.4 Å². The summed E-state index contributed by atoms with van der Waals surface area (Å²) >= 11 is 1.16. The Labute approximate surface area is 168 Å². The number of rotatable bonds is 6. The first-order valence-corrected chi connectivity index (χ1v) is 11.6. The van der Waals surface area contributed by atoms with Gasteiger partial charge in [0.1, 0.15) is 9.77 Å². The van der Waals surface area contributed by atoms with Crippen molar-refractivity contribution in [1.29, 1.82) is 0 Å². The molecule has 0 aliphatic carbocycles. The molecule has 2 aliphatic heterocycles. The lowest BCUT2D eigenvalue weighted by Gasteiger charge is -2.25. The smallest absolute Gasteiger partial charge is 0.262 e. The number of carbonyl (C=O) groups is 1. The van der Waals surface area contributed by atoms with Crippen molar-refractivity contribution in [3.8, 4) is 11.5 Å². The molecule has 1 N–H and O–H groups in total. The SMILES string of the molecule is O=C(NCCc1ccc2c(c1)OCO2)c1sccc1S(=O)(=O)N1CCCCC1. The third-order valence-corrected chi connectivity index (χ3v) is 7.89. The second-order valence-electron chi connectivity index (χ2n) is 6.77. The standard InChI is InChI=1S/C19H22N2O5S2/c22-19(20-8-6-14-4-5-15-16(12-14)26-13-25-15)18-17(7-11-27-18)28(23,24)21-9-2-1-3-10-21/h4-5,7,11-12H,1-3,6,8-10,13H2,(H,20,22). The van der Waals surface area contributed by atoms with Gasteiger partial charge in [-0.15, -0.1) is 11.3 Å². The first-order valence-electron chi connectivity index (χ1n) is 9.30. The maximum Gasteiger partial charge on any atom is 0.262 e. The second kappa shape index (κ2) is 8.10. The van der Waals surface area contributed by atoms with E-state index in [0.717, 1.165) is 41.9 Å². The van der Waals surface area contributed by atoms with E-state index in [9.17, 15) is 13.2 Å². The van der Waals surface area contributed by atoms with Crippen LogP contribution in [-0.4, -0.2) is 45.1 Å². The zero-order chi connectivity index (χ0) is 19.6. The number of thiophene rings is 1. The Kier molecular flexibility index (Phi) is 5.56. The van der Waals surface area contributed by atoms with Crippen LogP contribution >= 0.6 is 11.3 Å². The van der Waals surface area contributed by atoms with Gasteiger partial charge in [-0.1, -0.05) is 12.5 Å². The topological polar surface area (TPSA) is 84.9 Å². The van der Waals surface area contributed by atoms with Crippen LogP contribution in [0, 0.1) is 0 Å². The molecule has 1 aromatic heterocycles. The molecule has 0 atom stereocenters. The van der Waals surface area contributed by atoms with Crippen LogP contribution in [0.15, 0.2) is 34.5 Å². The highest BCUT2D eigenvalue weighted by atomic mass is 32.2. The fourth-order valence-corrected chi connectivity index (χ4v) is 6.24. The molecule has 1 saturated heterocycles. The molecule has 0 spiro atoms. The minimum Gasteiger partial charge on any atom is -0.454 e. The van der Waals surface area contributed by atoms with E-state index in [-0.39, 0.29) is 22.5 Å². The highest BCUT2D eigenvalue weighted by molar-refractivity contribution is 7.89. The molecule has 4 rings (SSSR count). The molecule has 0 saturated carbocycles. The molecule has 0 bridgehead atoms. The van der Waals surface area contributed by atoms with E-state index in [2.05, 4.69) is 5.32 Å². The first kappa shape index (κ1) is 19.2. The quantitative estimate of drug-likeness (QED) is 0.774.